The molecule has 0 atom stereocenters. The van der Waals surface area contributed by atoms with Crippen molar-refractivity contribution < 1.29 is 0 Å². The van der Waals surface area contributed by atoms with E-state index in [-0.39, 0.29) is 0 Å². The van der Waals surface area contributed by atoms with Crippen LogP contribution in [0.3, 0.4) is 0 Å². The van der Waals surface area contributed by atoms with Crippen LogP contribution in [0.4, 0.5) is 0 Å². The van der Waals surface area contributed by atoms with Crippen LogP contribution in [0, 0.1) is 0 Å². The van der Waals surface area contributed by atoms with E-state index in [9.17, 15) is 0 Å². The van der Waals surface area contributed by atoms with E-state index in [1.165, 1.54) is 64.2 Å². The van der Waals surface area contributed by atoms with Gasteiger partial charge in [-0.05, 0) is 58.7 Å². The first kappa shape index (κ1) is 32.2. The van der Waals surface area contributed by atoms with Gasteiger partial charge in [-0.3, -0.25) is 0 Å². The minimum Gasteiger partial charge on any atom is -0.309 e. The zero-order chi connectivity index (χ0) is 37.0. The van der Waals surface area contributed by atoms with Gasteiger partial charge in [0.1, 0.15) is 0 Å². The Morgan fingerprint density at radius 3 is 1.55 bits per heavy atom. The Bertz CT molecular complexity index is 3160. The van der Waals surface area contributed by atoms with Crippen molar-refractivity contribution in [2.45, 2.75) is 0 Å². The molecule has 0 aliphatic rings. The molecule has 11 rings (SSSR count). The summed E-state index contributed by atoms with van der Waals surface area (Å²) in [5.41, 5.74) is 11.2. The third-order valence-electron chi connectivity index (χ3n) is 10.7. The van der Waals surface area contributed by atoms with Gasteiger partial charge in [-0.15, -0.1) is 11.3 Å². The Morgan fingerprint density at radius 2 is 0.857 bits per heavy atom. The van der Waals surface area contributed by atoms with Crippen molar-refractivity contribution in [2.24, 2.45) is 0 Å². The molecule has 0 spiro atoms. The summed E-state index contributed by atoms with van der Waals surface area (Å²) in [5, 5.41) is 4.92. The molecule has 262 valence electrons. The van der Waals surface area contributed by atoms with Crippen molar-refractivity contribution in [3.8, 4) is 62.1 Å². The Hall–Kier alpha value is -7.21. The van der Waals surface area contributed by atoms with Crippen LogP contribution in [0.15, 0.2) is 194 Å². The summed E-state index contributed by atoms with van der Waals surface area (Å²) in [4.78, 5) is 15.1. The van der Waals surface area contributed by atoms with Crippen molar-refractivity contribution in [1.29, 1.82) is 0 Å². The Labute approximate surface area is 327 Å². The van der Waals surface area contributed by atoms with Crippen LogP contribution >= 0.6 is 11.3 Å². The number of hydrogen-bond donors (Lipinski definition) is 0. The highest BCUT2D eigenvalue weighted by Gasteiger charge is 2.18. The zero-order valence-electron chi connectivity index (χ0n) is 30.2. The minimum absolute atomic E-state index is 0.662. The van der Waals surface area contributed by atoms with Gasteiger partial charge >= 0.3 is 0 Å². The maximum Gasteiger partial charge on any atom is 0.165 e. The molecule has 0 saturated heterocycles. The van der Waals surface area contributed by atoms with Crippen LogP contribution in [0.2, 0.25) is 0 Å². The molecule has 3 aromatic heterocycles. The predicted molar refractivity (Wildman–Crippen MR) is 234 cm³/mol. The summed E-state index contributed by atoms with van der Waals surface area (Å²) in [7, 11) is 0. The first-order valence-corrected chi connectivity index (χ1v) is 19.6. The first-order valence-electron chi connectivity index (χ1n) is 18.8. The fourth-order valence-electron chi connectivity index (χ4n) is 7.94. The van der Waals surface area contributed by atoms with Gasteiger partial charge in [0.15, 0.2) is 17.5 Å². The minimum atomic E-state index is 0.662. The molecule has 11 aromatic rings. The van der Waals surface area contributed by atoms with Gasteiger partial charge < -0.3 is 4.57 Å². The molecule has 0 amide bonds. The highest BCUT2D eigenvalue weighted by molar-refractivity contribution is 7.26. The lowest BCUT2D eigenvalue weighted by atomic mass is 10.0. The molecule has 4 nitrogen and oxygen atoms in total. The summed E-state index contributed by atoms with van der Waals surface area (Å²) < 4.78 is 4.79. The van der Waals surface area contributed by atoms with Crippen molar-refractivity contribution >= 4 is 53.3 Å². The Balaban J connectivity index is 1.03. The first-order chi connectivity index (χ1) is 27.7. The molecule has 0 aliphatic carbocycles. The summed E-state index contributed by atoms with van der Waals surface area (Å²) >= 11 is 1.80. The maximum absolute atomic E-state index is 5.07. The van der Waals surface area contributed by atoms with Gasteiger partial charge in [0.25, 0.3) is 0 Å². The van der Waals surface area contributed by atoms with Gasteiger partial charge in [0.05, 0.1) is 11.0 Å². The lowest BCUT2D eigenvalue weighted by Crippen LogP contribution is -2.00. The molecule has 0 saturated carbocycles. The van der Waals surface area contributed by atoms with Gasteiger partial charge in [-0.25, -0.2) is 15.0 Å². The summed E-state index contributed by atoms with van der Waals surface area (Å²) in [5.74, 6) is 2.00. The lowest BCUT2D eigenvalue weighted by molar-refractivity contribution is 1.08. The van der Waals surface area contributed by atoms with E-state index < -0.39 is 0 Å². The molecule has 3 heterocycles. The lowest BCUT2D eigenvalue weighted by Gasteiger charge is -2.10. The molecule has 0 N–H and O–H groups in total. The largest absolute Gasteiger partial charge is 0.309 e. The second-order valence-corrected chi connectivity index (χ2v) is 15.1. The summed E-state index contributed by atoms with van der Waals surface area (Å²) in [6, 6.07) is 68.7. The number of benzene rings is 8. The fraction of sp³-hybridized carbons (Fsp3) is 0. The molecular weight excluding hydrogens is 701 g/mol. The van der Waals surface area contributed by atoms with E-state index in [1.54, 1.807) is 11.3 Å². The predicted octanol–water partition coefficient (Wildman–Crippen LogP) is 13.7. The van der Waals surface area contributed by atoms with Crippen molar-refractivity contribution in [3.05, 3.63) is 194 Å². The third-order valence-corrected chi connectivity index (χ3v) is 11.9. The standard InChI is InChI=1S/C51H32N4S/c1-4-13-33(14-5-1)34-23-27-39(28-24-34)55-45-22-11-10-19-40(45)41-29-25-37(31-46(41)55)38-26-30-42-43-20-12-21-44(48(43)56-47(42)32-38)51-53-49(35-15-6-2-7-16-35)52-50(54-51)36-17-8-3-9-18-36/h1-32H. The number of para-hydroxylation sites is 1. The number of rotatable bonds is 6. The molecule has 0 unspecified atom stereocenters. The van der Waals surface area contributed by atoms with Crippen molar-refractivity contribution in [2.75, 3.05) is 0 Å². The van der Waals surface area contributed by atoms with E-state index >= 15 is 0 Å². The molecular formula is C51H32N4S. The average Bonchev–Trinajstić information content (AvgIpc) is 3.82. The second kappa shape index (κ2) is 13.3. The van der Waals surface area contributed by atoms with Gasteiger partial charge in [0, 0.05) is 53.3 Å². The van der Waals surface area contributed by atoms with Crippen LogP contribution in [0.5, 0.6) is 0 Å². The van der Waals surface area contributed by atoms with Gasteiger partial charge in [-0.2, -0.15) is 0 Å². The van der Waals surface area contributed by atoms with E-state index in [0.29, 0.717) is 17.5 Å². The normalized spacial score (nSPS) is 11.6. The molecule has 8 aromatic carbocycles. The smallest absolute Gasteiger partial charge is 0.165 e. The maximum atomic E-state index is 5.07. The summed E-state index contributed by atoms with van der Waals surface area (Å²) in [6.45, 7) is 0. The van der Waals surface area contributed by atoms with Gasteiger partial charge in [0.2, 0.25) is 0 Å². The number of hydrogen-bond acceptors (Lipinski definition) is 4. The summed E-state index contributed by atoms with van der Waals surface area (Å²) in [6.07, 6.45) is 0. The number of aromatic nitrogens is 4. The number of fused-ring (bicyclic) bond motifs is 6. The van der Waals surface area contributed by atoms with Crippen LogP contribution in [0.1, 0.15) is 0 Å². The second-order valence-electron chi connectivity index (χ2n) is 14.0. The molecule has 56 heavy (non-hydrogen) atoms. The topological polar surface area (TPSA) is 43.6 Å². The monoisotopic (exact) mass is 732 g/mol. The number of thiophene rings is 1. The quantitative estimate of drug-likeness (QED) is 0.171. The van der Waals surface area contributed by atoms with E-state index in [1.807, 2.05) is 60.7 Å². The van der Waals surface area contributed by atoms with E-state index in [2.05, 4.69) is 138 Å². The number of nitrogens with zero attached hydrogens (tertiary/aromatic N) is 4. The molecule has 0 aliphatic heterocycles. The molecule has 0 radical (unpaired) electrons. The molecule has 0 fully saturated rings. The molecule has 0 bridgehead atoms. The van der Waals surface area contributed by atoms with Crippen LogP contribution in [-0.4, -0.2) is 19.5 Å². The van der Waals surface area contributed by atoms with E-state index in [4.69, 9.17) is 15.0 Å². The van der Waals surface area contributed by atoms with Crippen molar-refractivity contribution in [1.82, 2.24) is 19.5 Å². The average molecular weight is 733 g/mol. The van der Waals surface area contributed by atoms with E-state index in [0.717, 1.165) is 22.4 Å². The Morgan fingerprint density at radius 1 is 0.339 bits per heavy atom. The van der Waals surface area contributed by atoms with Crippen LogP contribution < -0.4 is 0 Å². The van der Waals surface area contributed by atoms with Crippen molar-refractivity contribution in [3.63, 3.8) is 0 Å². The SMILES string of the molecule is c1ccc(-c2ccc(-n3c4ccccc4c4ccc(-c5ccc6c(c5)sc5c(-c7nc(-c8ccccc8)nc(-c8ccccc8)n7)cccc56)cc43)cc2)cc1. The van der Waals surface area contributed by atoms with Crippen LogP contribution in [-0.2, 0) is 0 Å². The Kier molecular flexibility index (Phi) is 7.64. The highest BCUT2D eigenvalue weighted by atomic mass is 32.1. The van der Waals surface area contributed by atoms with Gasteiger partial charge in [-0.1, -0.05) is 158 Å². The third kappa shape index (κ3) is 5.48. The highest BCUT2D eigenvalue weighted by Crippen LogP contribution is 2.42. The van der Waals surface area contributed by atoms with Crippen LogP contribution in [0.25, 0.3) is 104 Å². The zero-order valence-corrected chi connectivity index (χ0v) is 31.0. The fourth-order valence-corrected chi connectivity index (χ4v) is 9.20. The molecule has 5 heteroatoms.